The lowest BCUT2D eigenvalue weighted by Gasteiger charge is -2.30. The van der Waals surface area contributed by atoms with Crippen LogP contribution in [0.15, 0.2) is 119 Å². The van der Waals surface area contributed by atoms with Gasteiger partial charge in [-0.05, 0) is 82.3 Å². The van der Waals surface area contributed by atoms with E-state index in [1.54, 1.807) is 5.19 Å². The molecule has 6 heterocycles. The van der Waals surface area contributed by atoms with Gasteiger partial charge in [0, 0.05) is 45.3 Å². The van der Waals surface area contributed by atoms with Crippen LogP contribution < -0.4 is 14.3 Å². The van der Waals surface area contributed by atoms with Gasteiger partial charge in [0.25, 0.3) is 0 Å². The minimum absolute atomic E-state index is 0.104. The molecule has 7 aromatic rings. The predicted molar refractivity (Wildman–Crippen MR) is 228 cm³/mol. The summed E-state index contributed by atoms with van der Waals surface area (Å²) in [5.41, 5.74) is 17.5. The molecule has 1 aliphatic carbocycles. The van der Waals surface area contributed by atoms with Gasteiger partial charge in [-0.1, -0.05) is 103 Å². The van der Waals surface area contributed by atoms with E-state index in [-0.39, 0.29) is 11.5 Å². The fraction of sp³-hybridized carbons (Fsp3) is 0.300. The smallest absolute Gasteiger partial charge is 0.227 e. The van der Waals surface area contributed by atoms with Gasteiger partial charge in [0.15, 0.2) is 30.6 Å². The number of furan rings is 1. The van der Waals surface area contributed by atoms with E-state index in [0.29, 0.717) is 17.5 Å². The highest BCUT2D eigenvalue weighted by atomic mass is 28.3. The third-order valence-corrected chi connectivity index (χ3v) is 14.6. The lowest BCUT2D eigenvalue weighted by atomic mass is 9.81. The molecule has 274 valence electrons. The normalized spacial score (nSPS) is 17.5. The number of pyridine rings is 3. The van der Waals surface area contributed by atoms with Crippen LogP contribution in [0.2, 0.25) is 19.6 Å². The van der Waals surface area contributed by atoms with Gasteiger partial charge in [0.1, 0.15) is 0 Å². The topological polar surface area (TPSA) is 33.8 Å². The predicted octanol–water partition coefficient (Wildman–Crippen LogP) is 11.1. The number of allylic oxidation sites excluding steroid dienone is 2. The zero-order valence-electron chi connectivity index (χ0n) is 33.5. The van der Waals surface area contributed by atoms with Crippen LogP contribution in [0, 0.1) is 5.92 Å². The van der Waals surface area contributed by atoms with E-state index < -0.39 is 8.07 Å². The summed E-state index contributed by atoms with van der Waals surface area (Å²) in [5.74, 6) is 0.969. The van der Waals surface area contributed by atoms with Crippen molar-refractivity contribution >= 4 is 40.9 Å². The standard InChI is InChI=1S/C50H51N3OSi/c1-30(2)25-32-26-44-35-14-10-9-13-34(35)40-27-39-36-20-21-37-38-22-23-42(31-16-18-33(19-17-31)50(3,4)5)51-49(38)54-48(37)46(36)43-15-11-12-24-52(43)28-41(39)47(40)53(44)29-45(32)55(6,7)8/h9-24,26,29-30,40,47H,25,27-28H2,1-8H3/q+2. The Bertz CT molecular complexity index is 2740. The summed E-state index contributed by atoms with van der Waals surface area (Å²) in [5, 5.41) is 3.77. The Morgan fingerprint density at radius 3 is 2.36 bits per heavy atom. The first-order valence-corrected chi connectivity index (χ1v) is 23.7. The fourth-order valence-electron chi connectivity index (χ4n) is 9.94. The molecule has 0 radical (unpaired) electrons. The second-order valence-corrected chi connectivity index (χ2v) is 23.8. The van der Waals surface area contributed by atoms with E-state index in [2.05, 4.69) is 173 Å². The molecule has 0 N–H and O–H groups in total. The highest BCUT2D eigenvalue weighted by Gasteiger charge is 2.51. The second-order valence-electron chi connectivity index (χ2n) is 18.8. The Labute approximate surface area is 326 Å². The van der Waals surface area contributed by atoms with Crippen LogP contribution in [0.4, 0.5) is 0 Å². The van der Waals surface area contributed by atoms with Crippen molar-refractivity contribution in [3.05, 3.63) is 137 Å². The SMILES string of the molecule is CC(C)Cc1cc2[n+](cc1[Si](C)(C)C)C1C3=C(CC1c1ccccc1-2)c1ccc2c(oc4nc(-c5ccc(C(C)(C)C)cc5)ccc42)c1-c1cccc[n+]1C3. The van der Waals surface area contributed by atoms with Crippen LogP contribution in [-0.2, 0) is 18.4 Å². The van der Waals surface area contributed by atoms with Crippen molar-refractivity contribution in [2.75, 3.05) is 0 Å². The van der Waals surface area contributed by atoms with Gasteiger partial charge in [-0.2, -0.15) is 9.13 Å². The van der Waals surface area contributed by atoms with E-state index in [9.17, 15) is 0 Å². The van der Waals surface area contributed by atoms with E-state index in [1.165, 1.54) is 55.9 Å². The molecule has 10 rings (SSSR count). The number of aromatic nitrogens is 3. The van der Waals surface area contributed by atoms with Gasteiger partial charge >= 0.3 is 0 Å². The van der Waals surface area contributed by atoms with E-state index in [0.717, 1.165) is 47.0 Å². The molecule has 0 saturated carbocycles. The van der Waals surface area contributed by atoms with Crippen molar-refractivity contribution in [2.45, 2.75) is 91.0 Å². The number of fused-ring (bicyclic) bond motifs is 15. The van der Waals surface area contributed by atoms with Crippen LogP contribution in [-0.4, -0.2) is 13.1 Å². The number of nitrogens with zero attached hydrogens (tertiary/aromatic N) is 3. The van der Waals surface area contributed by atoms with Crippen molar-refractivity contribution < 1.29 is 13.6 Å². The zero-order chi connectivity index (χ0) is 38.0. The minimum Gasteiger partial charge on any atom is -0.437 e. The van der Waals surface area contributed by atoms with Gasteiger partial charge in [-0.25, -0.2) is 4.98 Å². The second kappa shape index (κ2) is 12.2. The molecule has 3 aliphatic rings. The highest BCUT2D eigenvalue weighted by Crippen LogP contribution is 2.55. The molecule has 4 nitrogen and oxygen atoms in total. The molecule has 55 heavy (non-hydrogen) atoms. The van der Waals surface area contributed by atoms with Gasteiger partial charge in [-0.15, -0.1) is 0 Å². The summed E-state index contributed by atoms with van der Waals surface area (Å²) < 4.78 is 12.1. The fourth-order valence-corrected chi connectivity index (χ4v) is 11.6. The molecule has 0 saturated heterocycles. The van der Waals surface area contributed by atoms with Crippen molar-refractivity contribution in [1.82, 2.24) is 4.98 Å². The molecular formula is C50H51N3OSi+2. The van der Waals surface area contributed by atoms with Crippen LogP contribution >= 0.6 is 0 Å². The van der Waals surface area contributed by atoms with E-state index >= 15 is 0 Å². The first-order valence-electron chi connectivity index (χ1n) is 20.2. The minimum atomic E-state index is -1.65. The Balaban J connectivity index is 1.18. The first kappa shape index (κ1) is 34.4. The van der Waals surface area contributed by atoms with Crippen LogP contribution in [0.3, 0.4) is 0 Å². The number of hydrogen-bond acceptors (Lipinski definition) is 2. The Morgan fingerprint density at radius 2 is 1.60 bits per heavy atom. The Kier molecular flexibility index (Phi) is 7.61. The quantitative estimate of drug-likeness (QED) is 0.133. The highest BCUT2D eigenvalue weighted by molar-refractivity contribution is 6.89. The van der Waals surface area contributed by atoms with Gasteiger partial charge in [0.2, 0.25) is 17.1 Å². The molecule has 2 unspecified atom stereocenters. The van der Waals surface area contributed by atoms with Gasteiger partial charge < -0.3 is 4.42 Å². The number of benzene rings is 3. The average Bonchev–Trinajstić information content (AvgIpc) is 3.68. The number of hydrogen-bond donors (Lipinski definition) is 0. The van der Waals surface area contributed by atoms with Crippen LogP contribution in [0.5, 0.6) is 0 Å². The monoisotopic (exact) mass is 737 g/mol. The van der Waals surface area contributed by atoms with Crippen molar-refractivity contribution in [3.8, 4) is 33.8 Å². The lowest BCUT2D eigenvalue weighted by molar-refractivity contribution is -0.720. The van der Waals surface area contributed by atoms with E-state index in [1.807, 2.05) is 0 Å². The maximum Gasteiger partial charge on any atom is 0.227 e. The molecule has 2 atom stereocenters. The summed E-state index contributed by atoms with van der Waals surface area (Å²) in [6, 6.07) is 36.6. The van der Waals surface area contributed by atoms with Crippen LogP contribution in [0.25, 0.3) is 61.4 Å². The van der Waals surface area contributed by atoms with Gasteiger partial charge in [-0.3, -0.25) is 0 Å². The summed E-state index contributed by atoms with van der Waals surface area (Å²) in [6.45, 7) is 19.9. The third-order valence-electron chi connectivity index (χ3n) is 12.5. The Hall–Kier alpha value is -5.13. The molecule has 5 heteroatoms. The molecule has 0 amide bonds. The molecular weight excluding hydrogens is 687 g/mol. The van der Waals surface area contributed by atoms with Crippen molar-refractivity contribution in [2.24, 2.45) is 5.92 Å². The summed E-state index contributed by atoms with van der Waals surface area (Å²) in [6.07, 6.45) is 6.98. The summed E-state index contributed by atoms with van der Waals surface area (Å²) in [4.78, 5) is 5.15. The Morgan fingerprint density at radius 1 is 0.836 bits per heavy atom. The van der Waals surface area contributed by atoms with Gasteiger partial charge in [0.05, 0.1) is 30.8 Å². The van der Waals surface area contributed by atoms with E-state index in [4.69, 9.17) is 9.40 Å². The molecule has 0 spiro atoms. The first-order chi connectivity index (χ1) is 26.3. The third kappa shape index (κ3) is 5.41. The largest absolute Gasteiger partial charge is 0.437 e. The summed E-state index contributed by atoms with van der Waals surface area (Å²) >= 11 is 0. The van der Waals surface area contributed by atoms with Crippen molar-refractivity contribution in [1.29, 1.82) is 0 Å². The molecule has 4 aromatic heterocycles. The average molecular weight is 738 g/mol. The molecule has 2 aliphatic heterocycles. The maximum absolute atomic E-state index is 6.93. The van der Waals surface area contributed by atoms with Crippen molar-refractivity contribution in [3.63, 3.8) is 0 Å². The molecule has 0 fully saturated rings. The lowest BCUT2D eigenvalue weighted by Crippen LogP contribution is -2.54. The maximum atomic E-state index is 6.93. The zero-order valence-corrected chi connectivity index (χ0v) is 34.5. The number of rotatable bonds is 4. The molecule has 0 bridgehead atoms. The summed E-state index contributed by atoms with van der Waals surface area (Å²) in [7, 11) is -1.65. The molecule has 3 aromatic carbocycles. The van der Waals surface area contributed by atoms with Crippen LogP contribution in [0.1, 0.15) is 75.3 Å².